The van der Waals surface area contributed by atoms with Crippen LogP contribution in [0.3, 0.4) is 0 Å². The molecule has 0 unspecified atom stereocenters. The third kappa shape index (κ3) is 4.05. The zero-order valence-corrected chi connectivity index (χ0v) is 22.1. The number of aromatic nitrogens is 4. The van der Waals surface area contributed by atoms with E-state index in [1.165, 1.54) is 16.2 Å². The van der Waals surface area contributed by atoms with Crippen molar-refractivity contribution >= 4 is 32.7 Å². The number of nitrogens with zero attached hydrogens (tertiary/aromatic N) is 4. The Morgan fingerprint density at radius 1 is 0.439 bits per heavy atom. The number of benzene rings is 4. The molecule has 4 heteroatoms. The second-order valence-corrected chi connectivity index (χ2v) is 10.2. The van der Waals surface area contributed by atoms with E-state index in [4.69, 9.17) is 9.97 Å². The number of rotatable bonds is 4. The average Bonchev–Trinajstić information content (AvgIpc) is 3.39. The van der Waals surface area contributed by atoms with Crippen molar-refractivity contribution in [2.24, 2.45) is 0 Å². The molecule has 41 heavy (non-hydrogen) atoms. The standard InChI is InChI=1S/C37H24N4/c1-2-9-27-22-28(15-14-25(27)8-1)29-23-34(40-35(24-29)33-12-5-6-20-38-33)26-16-18-30(19-17-26)41-36-13-4-3-10-31(36)32-11-7-21-39-37(32)41/h1-24H. The topological polar surface area (TPSA) is 43.6 Å². The Labute approximate surface area is 237 Å². The third-order valence-corrected chi connectivity index (χ3v) is 7.69. The van der Waals surface area contributed by atoms with Gasteiger partial charge in [-0.05, 0) is 82.6 Å². The van der Waals surface area contributed by atoms with Crippen LogP contribution in [0.5, 0.6) is 0 Å². The lowest BCUT2D eigenvalue weighted by molar-refractivity contribution is 1.13. The number of para-hydroxylation sites is 1. The molecule has 0 radical (unpaired) electrons. The molecule has 8 aromatic rings. The summed E-state index contributed by atoms with van der Waals surface area (Å²) in [5.74, 6) is 0. The van der Waals surface area contributed by atoms with E-state index in [0.29, 0.717) is 0 Å². The second-order valence-electron chi connectivity index (χ2n) is 10.2. The summed E-state index contributed by atoms with van der Waals surface area (Å²) in [5, 5.41) is 4.79. The van der Waals surface area contributed by atoms with Crippen LogP contribution in [0, 0.1) is 0 Å². The van der Waals surface area contributed by atoms with Gasteiger partial charge in [0.2, 0.25) is 0 Å². The highest BCUT2D eigenvalue weighted by Gasteiger charge is 2.14. The summed E-state index contributed by atoms with van der Waals surface area (Å²) in [4.78, 5) is 14.4. The van der Waals surface area contributed by atoms with Gasteiger partial charge in [-0.25, -0.2) is 9.97 Å². The Bertz CT molecular complexity index is 2140. The highest BCUT2D eigenvalue weighted by molar-refractivity contribution is 6.07. The van der Waals surface area contributed by atoms with Gasteiger partial charge < -0.3 is 0 Å². The van der Waals surface area contributed by atoms with Crippen LogP contribution in [-0.2, 0) is 0 Å². The third-order valence-electron chi connectivity index (χ3n) is 7.69. The molecule has 0 fully saturated rings. The van der Waals surface area contributed by atoms with Crippen molar-refractivity contribution < 1.29 is 0 Å². The molecule has 4 aromatic carbocycles. The first-order chi connectivity index (χ1) is 20.3. The first kappa shape index (κ1) is 23.3. The van der Waals surface area contributed by atoms with Crippen LogP contribution in [-0.4, -0.2) is 19.5 Å². The van der Waals surface area contributed by atoms with E-state index in [2.05, 4.69) is 119 Å². The fraction of sp³-hybridized carbons (Fsp3) is 0. The van der Waals surface area contributed by atoms with Crippen molar-refractivity contribution in [1.29, 1.82) is 0 Å². The molecule has 0 aliphatic heterocycles. The molecule has 4 heterocycles. The van der Waals surface area contributed by atoms with E-state index in [1.54, 1.807) is 0 Å². The quantitative estimate of drug-likeness (QED) is 0.231. The maximum atomic E-state index is 5.07. The molecule has 0 atom stereocenters. The van der Waals surface area contributed by atoms with Gasteiger partial charge in [0.25, 0.3) is 0 Å². The lowest BCUT2D eigenvalue weighted by atomic mass is 9.98. The van der Waals surface area contributed by atoms with Gasteiger partial charge in [-0.1, -0.05) is 72.8 Å². The molecule has 0 saturated carbocycles. The first-order valence-corrected chi connectivity index (χ1v) is 13.7. The molecular weight excluding hydrogens is 500 g/mol. The Kier molecular flexibility index (Phi) is 5.42. The molecule has 4 aromatic heterocycles. The Morgan fingerprint density at radius 3 is 2.05 bits per heavy atom. The van der Waals surface area contributed by atoms with Gasteiger partial charge in [0.1, 0.15) is 5.65 Å². The van der Waals surface area contributed by atoms with Crippen LogP contribution >= 0.6 is 0 Å². The molecule has 0 bridgehead atoms. The maximum absolute atomic E-state index is 5.07. The van der Waals surface area contributed by atoms with Crippen molar-refractivity contribution in [1.82, 2.24) is 19.5 Å². The van der Waals surface area contributed by atoms with Crippen molar-refractivity contribution in [3.63, 3.8) is 0 Å². The minimum absolute atomic E-state index is 0.849. The van der Waals surface area contributed by atoms with E-state index >= 15 is 0 Å². The van der Waals surface area contributed by atoms with Gasteiger partial charge >= 0.3 is 0 Å². The first-order valence-electron chi connectivity index (χ1n) is 13.7. The highest BCUT2D eigenvalue weighted by atomic mass is 15.0. The van der Waals surface area contributed by atoms with Crippen molar-refractivity contribution in [2.75, 3.05) is 0 Å². The van der Waals surface area contributed by atoms with E-state index in [1.807, 2.05) is 36.7 Å². The van der Waals surface area contributed by atoms with Gasteiger partial charge in [0.05, 0.1) is 22.6 Å². The molecule has 192 valence electrons. The monoisotopic (exact) mass is 524 g/mol. The Morgan fingerprint density at radius 2 is 1.17 bits per heavy atom. The van der Waals surface area contributed by atoms with Crippen molar-refractivity contribution in [2.45, 2.75) is 0 Å². The van der Waals surface area contributed by atoms with Crippen LogP contribution in [0.25, 0.3) is 72.2 Å². The molecule has 8 rings (SSSR count). The summed E-state index contributed by atoms with van der Waals surface area (Å²) < 4.78 is 2.23. The van der Waals surface area contributed by atoms with E-state index in [-0.39, 0.29) is 0 Å². The Hall–Kier alpha value is -5.61. The van der Waals surface area contributed by atoms with E-state index in [9.17, 15) is 0 Å². The molecule has 0 spiro atoms. The fourth-order valence-corrected chi connectivity index (χ4v) is 5.70. The van der Waals surface area contributed by atoms with Crippen molar-refractivity contribution in [3.05, 3.63) is 146 Å². The zero-order valence-electron chi connectivity index (χ0n) is 22.1. The van der Waals surface area contributed by atoms with Gasteiger partial charge in [0.15, 0.2) is 0 Å². The summed E-state index contributed by atoms with van der Waals surface area (Å²) in [6.45, 7) is 0. The minimum atomic E-state index is 0.849. The maximum Gasteiger partial charge on any atom is 0.145 e. The molecule has 4 nitrogen and oxygen atoms in total. The largest absolute Gasteiger partial charge is 0.294 e. The van der Waals surface area contributed by atoms with E-state index < -0.39 is 0 Å². The summed E-state index contributed by atoms with van der Waals surface area (Å²) >= 11 is 0. The van der Waals surface area contributed by atoms with Gasteiger partial charge in [-0.15, -0.1) is 0 Å². The predicted octanol–water partition coefficient (Wildman–Crippen LogP) is 9.12. The summed E-state index contributed by atoms with van der Waals surface area (Å²) in [7, 11) is 0. The van der Waals surface area contributed by atoms with Gasteiger partial charge in [-0.3, -0.25) is 9.55 Å². The van der Waals surface area contributed by atoms with E-state index in [0.717, 1.165) is 56.0 Å². The fourth-order valence-electron chi connectivity index (χ4n) is 5.70. The van der Waals surface area contributed by atoms with Gasteiger partial charge in [0, 0.05) is 34.4 Å². The lowest BCUT2D eigenvalue weighted by Gasteiger charge is -2.12. The highest BCUT2D eigenvalue weighted by Crippen LogP contribution is 2.34. The van der Waals surface area contributed by atoms with Crippen LogP contribution in [0.2, 0.25) is 0 Å². The number of pyridine rings is 3. The summed E-state index contributed by atoms with van der Waals surface area (Å²) in [6.07, 6.45) is 3.67. The molecular formula is C37H24N4. The smallest absolute Gasteiger partial charge is 0.145 e. The molecule has 0 N–H and O–H groups in total. The van der Waals surface area contributed by atoms with Crippen LogP contribution in [0.15, 0.2) is 146 Å². The number of hydrogen-bond acceptors (Lipinski definition) is 3. The summed E-state index contributed by atoms with van der Waals surface area (Å²) in [6, 6.07) is 46.5. The lowest BCUT2D eigenvalue weighted by Crippen LogP contribution is -1.96. The summed E-state index contributed by atoms with van der Waals surface area (Å²) in [5.41, 5.74) is 9.07. The average molecular weight is 525 g/mol. The van der Waals surface area contributed by atoms with Gasteiger partial charge in [-0.2, -0.15) is 0 Å². The van der Waals surface area contributed by atoms with Crippen LogP contribution in [0.1, 0.15) is 0 Å². The Balaban J connectivity index is 1.27. The molecule has 0 amide bonds. The second kappa shape index (κ2) is 9.54. The minimum Gasteiger partial charge on any atom is -0.294 e. The van der Waals surface area contributed by atoms with Crippen LogP contribution < -0.4 is 0 Å². The zero-order chi connectivity index (χ0) is 27.2. The predicted molar refractivity (Wildman–Crippen MR) is 168 cm³/mol. The normalized spacial score (nSPS) is 11.4. The SMILES string of the molecule is c1ccc(-c2cc(-c3ccc4ccccc4c3)cc(-c3ccc(-n4c5ccccc5c5cccnc54)cc3)n2)nc1. The number of fused-ring (bicyclic) bond motifs is 4. The molecule has 0 aliphatic rings. The van der Waals surface area contributed by atoms with Crippen molar-refractivity contribution in [3.8, 4) is 39.5 Å². The number of hydrogen-bond donors (Lipinski definition) is 0. The van der Waals surface area contributed by atoms with Crippen LogP contribution in [0.4, 0.5) is 0 Å². The molecule has 0 saturated heterocycles. The molecule has 0 aliphatic carbocycles.